The first-order valence-electron chi connectivity index (χ1n) is 5.33. The van der Waals surface area contributed by atoms with E-state index in [1.54, 1.807) is 0 Å². The quantitative estimate of drug-likeness (QED) is 0.609. The predicted octanol–water partition coefficient (Wildman–Crippen LogP) is 0.272. The van der Waals surface area contributed by atoms with Crippen molar-refractivity contribution in [2.24, 2.45) is 5.92 Å². The van der Waals surface area contributed by atoms with Crippen LogP contribution in [0.1, 0.15) is 12.8 Å². The van der Waals surface area contributed by atoms with Gasteiger partial charge in [0.05, 0.1) is 19.1 Å². The van der Waals surface area contributed by atoms with Gasteiger partial charge >= 0.3 is 5.97 Å². The number of morpholine rings is 1. The molecule has 1 aliphatic heterocycles. The molecule has 1 saturated heterocycles. The molecule has 0 unspecified atom stereocenters. The zero-order valence-corrected chi connectivity index (χ0v) is 8.41. The molecule has 0 amide bonds. The highest BCUT2D eigenvalue weighted by Crippen LogP contribution is 2.29. The molecular formula is C10H17NO3. The van der Waals surface area contributed by atoms with E-state index in [0.29, 0.717) is 6.61 Å². The van der Waals surface area contributed by atoms with Crippen molar-refractivity contribution < 1.29 is 14.3 Å². The van der Waals surface area contributed by atoms with E-state index in [1.807, 2.05) is 0 Å². The molecule has 0 aromatic heterocycles. The van der Waals surface area contributed by atoms with Gasteiger partial charge in [-0.15, -0.1) is 0 Å². The monoisotopic (exact) mass is 199 g/mol. The number of carbonyl (C=O) groups is 1. The van der Waals surface area contributed by atoms with Crippen LogP contribution in [0.4, 0.5) is 0 Å². The summed E-state index contributed by atoms with van der Waals surface area (Å²) in [5.41, 5.74) is 0. The van der Waals surface area contributed by atoms with Crippen LogP contribution in [-0.2, 0) is 14.3 Å². The highest BCUT2D eigenvalue weighted by molar-refractivity contribution is 5.74. The smallest absolute Gasteiger partial charge is 0.308 e. The van der Waals surface area contributed by atoms with Crippen molar-refractivity contribution in [3.63, 3.8) is 0 Å². The van der Waals surface area contributed by atoms with Gasteiger partial charge in [-0.25, -0.2) is 0 Å². The summed E-state index contributed by atoms with van der Waals surface area (Å²) < 4.78 is 10.4. The summed E-state index contributed by atoms with van der Waals surface area (Å²) in [7, 11) is 0. The zero-order chi connectivity index (χ0) is 9.80. The maximum atomic E-state index is 11.2. The predicted molar refractivity (Wildman–Crippen MR) is 50.9 cm³/mol. The van der Waals surface area contributed by atoms with Gasteiger partial charge in [0.25, 0.3) is 0 Å². The summed E-state index contributed by atoms with van der Waals surface area (Å²) in [5.74, 6) is 0.220. The van der Waals surface area contributed by atoms with Gasteiger partial charge in [0.1, 0.15) is 6.61 Å². The van der Waals surface area contributed by atoms with Crippen LogP contribution >= 0.6 is 0 Å². The Hall–Kier alpha value is -0.610. The van der Waals surface area contributed by atoms with Gasteiger partial charge in [0.15, 0.2) is 0 Å². The van der Waals surface area contributed by atoms with Crippen molar-refractivity contribution in [3.8, 4) is 0 Å². The minimum Gasteiger partial charge on any atom is -0.464 e. The van der Waals surface area contributed by atoms with Gasteiger partial charge in [-0.05, 0) is 12.8 Å². The molecule has 0 aromatic carbocycles. The lowest BCUT2D eigenvalue weighted by Gasteiger charge is -2.26. The Morgan fingerprint density at radius 2 is 2.07 bits per heavy atom. The van der Waals surface area contributed by atoms with Crippen molar-refractivity contribution in [1.82, 2.24) is 4.90 Å². The topological polar surface area (TPSA) is 38.8 Å². The van der Waals surface area contributed by atoms with Crippen LogP contribution in [0, 0.1) is 5.92 Å². The van der Waals surface area contributed by atoms with E-state index in [1.165, 1.54) is 0 Å². The number of esters is 1. The van der Waals surface area contributed by atoms with Crippen LogP contribution in [0.2, 0.25) is 0 Å². The first-order valence-corrected chi connectivity index (χ1v) is 5.33. The molecule has 1 saturated carbocycles. The SMILES string of the molecule is O=C(OCCN1CCOCC1)C1CC1. The fraction of sp³-hybridized carbons (Fsp3) is 0.900. The Morgan fingerprint density at radius 3 is 2.71 bits per heavy atom. The first kappa shape index (κ1) is 9.93. The molecule has 0 bridgehead atoms. The van der Waals surface area contributed by atoms with E-state index in [0.717, 1.165) is 45.7 Å². The summed E-state index contributed by atoms with van der Waals surface area (Å²) in [6, 6.07) is 0. The first-order chi connectivity index (χ1) is 6.86. The highest BCUT2D eigenvalue weighted by atomic mass is 16.5. The fourth-order valence-electron chi connectivity index (χ4n) is 1.54. The molecular weight excluding hydrogens is 182 g/mol. The van der Waals surface area contributed by atoms with Crippen LogP contribution in [0.15, 0.2) is 0 Å². The second-order valence-electron chi connectivity index (χ2n) is 3.90. The molecule has 4 heteroatoms. The van der Waals surface area contributed by atoms with Crippen molar-refractivity contribution >= 4 is 5.97 Å². The van der Waals surface area contributed by atoms with Crippen LogP contribution in [0.25, 0.3) is 0 Å². The summed E-state index contributed by atoms with van der Waals surface area (Å²) in [5, 5.41) is 0. The zero-order valence-electron chi connectivity index (χ0n) is 8.41. The molecule has 4 nitrogen and oxygen atoms in total. The van der Waals surface area contributed by atoms with Gasteiger partial charge in [0.2, 0.25) is 0 Å². The second kappa shape index (κ2) is 4.75. The number of carbonyl (C=O) groups excluding carboxylic acids is 1. The number of hydrogen-bond acceptors (Lipinski definition) is 4. The largest absolute Gasteiger partial charge is 0.464 e. The van der Waals surface area contributed by atoms with Crippen LogP contribution < -0.4 is 0 Å². The molecule has 0 radical (unpaired) electrons. The van der Waals surface area contributed by atoms with Crippen LogP contribution in [0.5, 0.6) is 0 Å². The Morgan fingerprint density at radius 1 is 1.36 bits per heavy atom. The number of rotatable bonds is 4. The van der Waals surface area contributed by atoms with Crippen molar-refractivity contribution in [2.75, 3.05) is 39.5 Å². The fourth-order valence-corrected chi connectivity index (χ4v) is 1.54. The molecule has 80 valence electrons. The minimum absolute atomic E-state index is 0.00161. The average Bonchev–Trinajstić information content (AvgIpc) is 3.02. The number of nitrogens with zero attached hydrogens (tertiary/aromatic N) is 1. The van der Waals surface area contributed by atoms with Gasteiger partial charge in [0, 0.05) is 19.6 Å². The standard InChI is InChI=1S/C10H17NO3/c12-10(9-1-2-9)14-8-5-11-3-6-13-7-4-11/h9H,1-8H2. The Kier molecular flexibility index (Phi) is 3.37. The Bertz CT molecular complexity index is 198. The molecule has 2 fully saturated rings. The van der Waals surface area contributed by atoms with Gasteiger partial charge in [-0.3, -0.25) is 9.69 Å². The number of hydrogen-bond donors (Lipinski definition) is 0. The van der Waals surface area contributed by atoms with E-state index < -0.39 is 0 Å². The summed E-state index contributed by atoms with van der Waals surface area (Å²) in [6.45, 7) is 4.91. The average molecular weight is 199 g/mol. The molecule has 0 spiro atoms. The van der Waals surface area contributed by atoms with Gasteiger partial charge < -0.3 is 9.47 Å². The Labute approximate surface area is 84.2 Å². The molecule has 14 heavy (non-hydrogen) atoms. The van der Waals surface area contributed by atoms with Crippen molar-refractivity contribution in [1.29, 1.82) is 0 Å². The molecule has 0 aromatic rings. The molecule has 0 atom stereocenters. The third-order valence-electron chi connectivity index (χ3n) is 2.67. The lowest BCUT2D eigenvalue weighted by atomic mass is 10.4. The van der Waals surface area contributed by atoms with E-state index in [-0.39, 0.29) is 11.9 Å². The molecule has 1 heterocycles. The lowest BCUT2D eigenvalue weighted by Crippen LogP contribution is -2.38. The summed E-state index contributed by atoms with van der Waals surface area (Å²) in [6.07, 6.45) is 2.05. The van der Waals surface area contributed by atoms with E-state index in [4.69, 9.17) is 9.47 Å². The Balaban J connectivity index is 1.54. The van der Waals surface area contributed by atoms with Gasteiger partial charge in [-0.1, -0.05) is 0 Å². The van der Waals surface area contributed by atoms with E-state index in [9.17, 15) is 4.79 Å². The molecule has 0 N–H and O–H groups in total. The second-order valence-corrected chi connectivity index (χ2v) is 3.90. The van der Waals surface area contributed by atoms with Gasteiger partial charge in [-0.2, -0.15) is 0 Å². The van der Waals surface area contributed by atoms with Crippen LogP contribution in [-0.4, -0.2) is 50.3 Å². The van der Waals surface area contributed by atoms with Crippen molar-refractivity contribution in [2.45, 2.75) is 12.8 Å². The molecule has 1 aliphatic carbocycles. The minimum atomic E-state index is -0.00161. The maximum Gasteiger partial charge on any atom is 0.308 e. The summed E-state index contributed by atoms with van der Waals surface area (Å²) >= 11 is 0. The summed E-state index contributed by atoms with van der Waals surface area (Å²) in [4.78, 5) is 13.4. The third-order valence-corrected chi connectivity index (χ3v) is 2.67. The number of ether oxygens (including phenoxy) is 2. The highest BCUT2D eigenvalue weighted by Gasteiger charge is 2.31. The molecule has 2 rings (SSSR count). The molecule has 2 aliphatic rings. The third kappa shape index (κ3) is 2.96. The van der Waals surface area contributed by atoms with E-state index >= 15 is 0 Å². The van der Waals surface area contributed by atoms with Crippen molar-refractivity contribution in [3.05, 3.63) is 0 Å². The lowest BCUT2D eigenvalue weighted by molar-refractivity contribution is -0.145. The maximum absolute atomic E-state index is 11.2. The van der Waals surface area contributed by atoms with Crippen LogP contribution in [0.3, 0.4) is 0 Å². The van der Waals surface area contributed by atoms with E-state index in [2.05, 4.69) is 4.90 Å². The normalized spacial score (nSPS) is 23.4.